The number of unbranched alkanes of at least 4 members (excludes halogenated alkanes) is 26. The fourth-order valence-corrected chi connectivity index (χ4v) is 8.66. The summed E-state index contributed by atoms with van der Waals surface area (Å²) in [5.74, 6) is -0.180. The second-order valence-corrected chi connectivity index (χ2v) is 21.7. The van der Waals surface area contributed by atoms with Gasteiger partial charge in [-0.1, -0.05) is 247 Å². The summed E-state index contributed by atoms with van der Waals surface area (Å²) < 4.78 is 23.7. The molecule has 0 aromatic carbocycles. The number of phosphoric ester groups is 1. The van der Waals surface area contributed by atoms with Crippen molar-refractivity contribution in [2.75, 3.05) is 40.9 Å². The maximum absolute atomic E-state index is 13.0. The van der Waals surface area contributed by atoms with Gasteiger partial charge in [-0.25, -0.2) is 4.57 Å². The molecule has 0 rings (SSSR count). The van der Waals surface area contributed by atoms with E-state index in [4.69, 9.17) is 9.05 Å². The Bertz CT molecular complexity index is 1400. The Balaban J connectivity index is 4.10. The van der Waals surface area contributed by atoms with E-state index < -0.39 is 20.0 Å². The normalized spacial score (nSPS) is 14.6. The average molecular weight is 987 g/mol. The lowest BCUT2D eigenvalue weighted by molar-refractivity contribution is -0.870. The Kier molecular flexibility index (Phi) is 48.9. The molecule has 400 valence electrons. The summed E-state index contributed by atoms with van der Waals surface area (Å²) >= 11 is 0. The first-order valence-electron chi connectivity index (χ1n) is 28.5. The van der Waals surface area contributed by atoms with Crippen LogP contribution in [0, 0.1) is 0 Å². The molecule has 0 aromatic rings. The molecule has 0 fully saturated rings. The Morgan fingerprint density at radius 1 is 0.507 bits per heavy atom. The fraction of sp³-hybridized carbons (Fsp3) is 0.750. The Morgan fingerprint density at radius 3 is 1.28 bits per heavy atom. The van der Waals surface area contributed by atoms with Crippen LogP contribution in [0.1, 0.15) is 239 Å². The highest BCUT2D eigenvalue weighted by molar-refractivity contribution is 7.47. The van der Waals surface area contributed by atoms with Gasteiger partial charge in [-0.2, -0.15) is 0 Å². The third-order valence-electron chi connectivity index (χ3n) is 12.4. The van der Waals surface area contributed by atoms with Gasteiger partial charge in [0.15, 0.2) is 0 Å². The molecule has 1 amide bonds. The minimum absolute atomic E-state index is 0.0591. The van der Waals surface area contributed by atoms with Gasteiger partial charge >= 0.3 is 7.82 Å². The second kappa shape index (κ2) is 50.6. The lowest BCUT2D eigenvalue weighted by Gasteiger charge is -2.25. The van der Waals surface area contributed by atoms with Gasteiger partial charge in [-0.15, -0.1) is 0 Å². The fourth-order valence-electron chi connectivity index (χ4n) is 7.93. The lowest BCUT2D eigenvalue weighted by atomic mass is 10.0. The van der Waals surface area contributed by atoms with Crippen LogP contribution in [0.5, 0.6) is 0 Å². The molecule has 3 atom stereocenters. The summed E-state index contributed by atoms with van der Waals surface area (Å²) in [6.45, 7) is 4.70. The number of likely N-dealkylation sites (N-methyl/N-ethyl adjacent to an activating group) is 1. The highest BCUT2D eigenvalue weighted by Gasteiger charge is 2.27. The van der Waals surface area contributed by atoms with E-state index >= 15 is 0 Å². The summed E-state index contributed by atoms with van der Waals surface area (Å²) in [7, 11) is 1.57. The number of aliphatic hydroxyl groups is 1. The second-order valence-electron chi connectivity index (χ2n) is 20.3. The van der Waals surface area contributed by atoms with Gasteiger partial charge < -0.3 is 19.8 Å². The van der Waals surface area contributed by atoms with Crippen LogP contribution in [0.15, 0.2) is 85.1 Å². The summed E-state index contributed by atoms with van der Waals surface area (Å²) in [6, 6.07) is -0.850. The SMILES string of the molecule is CC/C=C\C/C=C\C/C=C\C/C=C\C/C=C\C/C=C\CCCCCCCCCCCCCCCCC(=O)NC(COP(=O)(O)OCC[N+](C)(C)C)C(O)/C=C/CCCCCCCCCCCCCC. The molecule has 0 bridgehead atoms. The van der Waals surface area contributed by atoms with Gasteiger partial charge in [0.1, 0.15) is 13.2 Å². The first-order chi connectivity index (χ1) is 33.5. The number of rotatable bonds is 51. The van der Waals surface area contributed by atoms with Gasteiger partial charge in [0.05, 0.1) is 39.9 Å². The van der Waals surface area contributed by atoms with E-state index in [1.807, 2.05) is 27.2 Å². The number of phosphoric acid groups is 1. The van der Waals surface area contributed by atoms with Gasteiger partial charge in [0, 0.05) is 6.42 Å². The van der Waals surface area contributed by atoms with Gasteiger partial charge in [0.25, 0.3) is 0 Å². The number of hydrogen-bond acceptors (Lipinski definition) is 5. The van der Waals surface area contributed by atoms with Gasteiger partial charge in [-0.3, -0.25) is 13.8 Å². The molecule has 8 nitrogen and oxygen atoms in total. The van der Waals surface area contributed by atoms with Crippen LogP contribution < -0.4 is 5.32 Å². The molecule has 69 heavy (non-hydrogen) atoms. The number of carbonyl (C=O) groups is 1. The van der Waals surface area contributed by atoms with E-state index in [0.29, 0.717) is 17.4 Å². The molecular weight excluding hydrogens is 876 g/mol. The molecule has 0 aliphatic carbocycles. The van der Waals surface area contributed by atoms with Crippen molar-refractivity contribution in [1.29, 1.82) is 0 Å². The Labute approximate surface area is 426 Å². The largest absolute Gasteiger partial charge is 0.472 e. The first-order valence-corrected chi connectivity index (χ1v) is 30.0. The molecule has 0 radical (unpaired) electrons. The minimum atomic E-state index is -4.35. The highest BCUT2D eigenvalue weighted by atomic mass is 31.2. The van der Waals surface area contributed by atoms with Crippen molar-refractivity contribution in [3.63, 3.8) is 0 Å². The summed E-state index contributed by atoms with van der Waals surface area (Å²) in [4.78, 5) is 23.3. The van der Waals surface area contributed by atoms with Gasteiger partial charge in [0.2, 0.25) is 5.91 Å². The zero-order valence-electron chi connectivity index (χ0n) is 45.5. The number of hydrogen-bond donors (Lipinski definition) is 3. The third-order valence-corrected chi connectivity index (χ3v) is 13.4. The van der Waals surface area contributed by atoms with Crippen LogP contribution in [-0.2, 0) is 18.4 Å². The lowest BCUT2D eigenvalue weighted by Crippen LogP contribution is -2.45. The molecule has 0 aliphatic heterocycles. The molecule has 0 aromatic heterocycles. The predicted octanol–water partition coefficient (Wildman–Crippen LogP) is 17.3. The van der Waals surface area contributed by atoms with E-state index in [0.717, 1.165) is 77.0 Å². The standard InChI is InChI=1S/C60H109N2O6P/c1-6-8-10-12-14-16-18-20-22-23-24-25-26-27-28-29-30-31-32-33-34-35-36-37-38-39-40-42-44-46-48-50-52-54-60(64)61-58(57-68-69(65,66)67-56-55-62(3,4)5)59(63)53-51-49-47-45-43-41-21-19-17-15-13-11-9-7-2/h8,10,14,16,20,22,24-25,27-28,30-31,51,53,58-59,63H,6-7,9,11-13,15,17-19,21,23,26,29,32-50,52,54-57H2,1-5H3,(H-,61,64,65,66)/p+1/b10-8-,16-14-,22-20-,25-24-,28-27-,31-30-,53-51+. The molecule has 3 N–H and O–H groups in total. The third kappa shape index (κ3) is 53.3. The average Bonchev–Trinajstić information content (AvgIpc) is 3.31. The number of nitrogens with zero attached hydrogens (tertiary/aromatic N) is 1. The van der Waals surface area contributed by atoms with E-state index in [1.165, 1.54) is 141 Å². The number of amides is 1. The Morgan fingerprint density at radius 2 is 0.870 bits per heavy atom. The van der Waals surface area contributed by atoms with E-state index in [9.17, 15) is 19.4 Å². The van der Waals surface area contributed by atoms with Crippen LogP contribution >= 0.6 is 7.82 Å². The van der Waals surface area contributed by atoms with Crippen LogP contribution in [-0.4, -0.2) is 73.4 Å². The number of quaternary nitrogens is 1. The molecule has 0 aliphatic rings. The molecule has 0 heterocycles. The summed E-state index contributed by atoms with van der Waals surface area (Å²) in [5, 5.41) is 13.9. The van der Waals surface area contributed by atoms with E-state index in [-0.39, 0.29) is 19.1 Å². The number of aliphatic hydroxyl groups excluding tert-OH is 1. The molecule has 0 spiro atoms. The van der Waals surface area contributed by atoms with Crippen molar-refractivity contribution < 1.29 is 32.9 Å². The zero-order chi connectivity index (χ0) is 50.6. The molecule has 0 saturated heterocycles. The van der Waals surface area contributed by atoms with Crippen LogP contribution in [0.4, 0.5) is 0 Å². The van der Waals surface area contributed by atoms with E-state index in [1.54, 1.807) is 6.08 Å². The van der Waals surface area contributed by atoms with Crippen molar-refractivity contribution in [1.82, 2.24) is 5.32 Å². The van der Waals surface area contributed by atoms with E-state index in [2.05, 4.69) is 92.1 Å². The minimum Gasteiger partial charge on any atom is -0.387 e. The van der Waals surface area contributed by atoms with Gasteiger partial charge in [-0.05, 0) is 70.6 Å². The zero-order valence-corrected chi connectivity index (χ0v) is 46.4. The van der Waals surface area contributed by atoms with Crippen molar-refractivity contribution in [2.24, 2.45) is 0 Å². The van der Waals surface area contributed by atoms with Crippen molar-refractivity contribution >= 4 is 13.7 Å². The number of allylic oxidation sites excluding steroid dienone is 13. The van der Waals surface area contributed by atoms with Crippen molar-refractivity contribution in [2.45, 2.75) is 251 Å². The first kappa shape index (κ1) is 66.7. The monoisotopic (exact) mass is 986 g/mol. The molecular formula is C60H110N2O6P+. The van der Waals surface area contributed by atoms with Crippen LogP contribution in [0.2, 0.25) is 0 Å². The number of carbonyl (C=O) groups excluding carboxylic acids is 1. The van der Waals surface area contributed by atoms with Crippen molar-refractivity contribution in [3.05, 3.63) is 85.1 Å². The summed E-state index contributed by atoms with van der Waals surface area (Å²) in [5.41, 5.74) is 0. The predicted molar refractivity (Wildman–Crippen MR) is 299 cm³/mol. The highest BCUT2D eigenvalue weighted by Crippen LogP contribution is 2.43. The topological polar surface area (TPSA) is 105 Å². The quantitative estimate of drug-likeness (QED) is 0.0243. The van der Waals surface area contributed by atoms with Crippen LogP contribution in [0.3, 0.4) is 0 Å². The molecule has 9 heteroatoms. The smallest absolute Gasteiger partial charge is 0.387 e. The Hall–Kier alpha value is -2.32. The molecule has 0 saturated carbocycles. The summed E-state index contributed by atoms with van der Waals surface area (Å²) in [6.07, 6.45) is 71.1. The number of nitrogens with one attached hydrogen (secondary N) is 1. The maximum atomic E-state index is 13.0. The molecule has 3 unspecified atom stereocenters. The van der Waals surface area contributed by atoms with Crippen LogP contribution in [0.25, 0.3) is 0 Å². The maximum Gasteiger partial charge on any atom is 0.472 e. The van der Waals surface area contributed by atoms with Crippen molar-refractivity contribution in [3.8, 4) is 0 Å².